The Morgan fingerprint density at radius 1 is 1.50 bits per heavy atom. The number of fused-ring (bicyclic) bond motifs is 1. The van der Waals surface area contributed by atoms with Crippen LogP contribution in [0.4, 0.5) is 0 Å². The number of nitrogens with two attached hydrogens (primary N) is 1. The van der Waals surface area contributed by atoms with Crippen molar-refractivity contribution in [2.24, 2.45) is 5.73 Å². The SMILES string of the molecule is Cc1ccc2nc(SCCC(C)(N)CO)[nH]c2c1. The van der Waals surface area contributed by atoms with E-state index in [2.05, 4.69) is 29.0 Å². The van der Waals surface area contributed by atoms with E-state index in [1.165, 1.54) is 5.56 Å². The van der Waals surface area contributed by atoms with E-state index in [-0.39, 0.29) is 6.61 Å². The molecule has 1 aromatic carbocycles. The summed E-state index contributed by atoms with van der Waals surface area (Å²) in [6.07, 6.45) is 0.754. The summed E-state index contributed by atoms with van der Waals surface area (Å²) in [5, 5.41) is 9.99. The Bertz CT molecular complexity index is 536. The first kappa shape index (κ1) is 13.4. The topological polar surface area (TPSA) is 74.9 Å². The van der Waals surface area contributed by atoms with Crippen LogP contribution in [0.15, 0.2) is 23.4 Å². The molecule has 0 spiro atoms. The summed E-state index contributed by atoms with van der Waals surface area (Å²) in [5.74, 6) is 0.840. The van der Waals surface area contributed by atoms with Gasteiger partial charge in [-0.2, -0.15) is 0 Å². The van der Waals surface area contributed by atoms with Crippen LogP contribution in [0.2, 0.25) is 0 Å². The van der Waals surface area contributed by atoms with Gasteiger partial charge in [-0.25, -0.2) is 4.98 Å². The molecule has 0 aliphatic heterocycles. The van der Waals surface area contributed by atoms with Gasteiger partial charge in [0, 0.05) is 11.3 Å². The van der Waals surface area contributed by atoms with Crippen molar-refractivity contribution in [1.29, 1.82) is 0 Å². The highest BCUT2D eigenvalue weighted by molar-refractivity contribution is 7.99. The third kappa shape index (κ3) is 3.25. The van der Waals surface area contributed by atoms with E-state index in [9.17, 15) is 0 Å². The molecule has 1 atom stereocenters. The molecule has 2 rings (SSSR count). The Labute approximate surface area is 111 Å². The Balaban J connectivity index is 2.00. The molecule has 0 saturated carbocycles. The molecule has 0 aliphatic rings. The zero-order valence-electron chi connectivity index (χ0n) is 10.7. The molecular formula is C13H19N3OS. The third-order valence-corrected chi connectivity index (χ3v) is 3.76. The molecule has 0 saturated heterocycles. The number of hydrogen-bond donors (Lipinski definition) is 3. The number of thioether (sulfide) groups is 1. The van der Waals surface area contributed by atoms with Crippen LogP contribution < -0.4 is 5.73 Å². The molecule has 4 N–H and O–H groups in total. The van der Waals surface area contributed by atoms with E-state index in [0.29, 0.717) is 0 Å². The first-order valence-electron chi connectivity index (χ1n) is 5.99. The number of aryl methyl sites for hydroxylation is 1. The third-order valence-electron chi connectivity index (χ3n) is 2.89. The number of benzene rings is 1. The van der Waals surface area contributed by atoms with E-state index in [0.717, 1.165) is 28.4 Å². The second kappa shape index (κ2) is 5.30. The number of aromatic amines is 1. The maximum Gasteiger partial charge on any atom is 0.166 e. The molecule has 5 heteroatoms. The van der Waals surface area contributed by atoms with Crippen LogP contribution >= 0.6 is 11.8 Å². The van der Waals surface area contributed by atoms with Gasteiger partial charge in [0.25, 0.3) is 0 Å². The van der Waals surface area contributed by atoms with Crippen LogP contribution in [0.3, 0.4) is 0 Å². The minimum Gasteiger partial charge on any atom is -0.394 e. The van der Waals surface area contributed by atoms with Crippen molar-refractivity contribution >= 4 is 22.8 Å². The highest BCUT2D eigenvalue weighted by atomic mass is 32.2. The van der Waals surface area contributed by atoms with Crippen molar-refractivity contribution in [3.8, 4) is 0 Å². The smallest absolute Gasteiger partial charge is 0.166 e. The van der Waals surface area contributed by atoms with Gasteiger partial charge in [-0.05, 0) is 38.0 Å². The number of H-pyrrole nitrogens is 1. The number of hydrogen-bond acceptors (Lipinski definition) is 4. The molecule has 0 amide bonds. The van der Waals surface area contributed by atoms with E-state index < -0.39 is 5.54 Å². The first-order valence-corrected chi connectivity index (χ1v) is 6.98. The number of rotatable bonds is 5. The van der Waals surface area contributed by atoms with Crippen molar-refractivity contribution in [3.05, 3.63) is 23.8 Å². The predicted octanol–water partition coefficient (Wildman–Crippen LogP) is 2.06. The largest absolute Gasteiger partial charge is 0.394 e. The van der Waals surface area contributed by atoms with Gasteiger partial charge in [0.05, 0.1) is 17.6 Å². The Morgan fingerprint density at radius 2 is 2.28 bits per heavy atom. The zero-order chi connectivity index (χ0) is 13.2. The summed E-state index contributed by atoms with van der Waals surface area (Å²) < 4.78 is 0. The summed E-state index contributed by atoms with van der Waals surface area (Å²) in [6.45, 7) is 3.93. The highest BCUT2D eigenvalue weighted by Gasteiger charge is 2.16. The fourth-order valence-electron chi connectivity index (χ4n) is 1.63. The van der Waals surface area contributed by atoms with Gasteiger partial charge < -0.3 is 15.8 Å². The quantitative estimate of drug-likeness (QED) is 0.723. The van der Waals surface area contributed by atoms with Gasteiger partial charge >= 0.3 is 0 Å². The molecule has 4 nitrogen and oxygen atoms in total. The second-order valence-electron chi connectivity index (χ2n) is 4.97. The molecule has 0 radical (unpaired) electrons. The molecule has 0 bridgehead atoms. The van der Waals surface area contributed by atoms with Gasteiger partial charge in [0.15, 0.2) is 5.16 Å². The van der Waals surface area contributed by atoms with Crippen LogP contribution in [0.1, 0.15) is 18.9 Å². The molecule has 98 valence electrons. The molecular weight excluding hydrogens is 246 g/mol. The molecule has 0 aliphatic carbocycles. The van der Waals surface area contributed by atoms with Gasteiger partial charge in [-0.15, -0.1) is 0 Å². The summed E-state index contributed by atoms with van der Waals surface area (Å²) >= 11 is 1.64. The lowest BCUT2D eigenvalue weighted by molar-refractivity contribution is 0.206. The monoisotopic (exact) mass is 265 g/mol. The molecule has 18 heavy (non-hydrogen) atoms. The van der Waals surface area contributed by atoms with Gasteiger partial charge in [0.1, 0.15) is 0 Å². The fourth-order valence-corrected chi connectivity index (χ4v) is 2.74. The molecule has 2 aromatic rings. The van der Waals surface area contributed by atoms with Gasteiger partial charge in [0.2, 0.25) is 0 Å². The van der Waals surface area contributed by atoms with Crippen molar-refractivity contribution < 1.29 is 5.11 Å². The number of nitrogens with zero attached hydrogens (tertiary/aromatic N) is 1. The standard InChI is InChI=1S/C13H19N3OS/c1-9-3-4-10-11(7-9)16-12(15-10)18-6-5-13(2,14)8-17/h3-4,7,17H,5-6,8,14H2,1-2H3,(H,15,16). The lowest BCUT2D eigenvalue weighted by Gasteiger charge is -2.20. The Hall–Kier alpha value is -1.04. The molecule has 1 unspecified atom stereocenters. The number of nitrogens with one attached hydrogen (secondary N) is 1. The van der Waals surface area contributed by atoms with Crippen molar-refractivity contribution in [1.82, 2.24) is 9.97 Å². The van der Waals surface area contributed by atoms with E-state index in [1.807, 2.05) is 13.0 Å². The fraction of sp³-hybridized carbons (Fsp3) is 0.462. The lowest BCUT2D eigenvalue weighted by atomic mass is 10.0. The average Bonchev–Trinajstić information content (AvgIpc) is 2.70. The number of imidazole rings is 1. The second-order valence-corrected chi connectivity index (χ2v) is 6.06. The lowest BCUT2D eigenvalue weighted by Crippen LogP contribution is -2.40. The van der Waals surface area contributed by atoms with Crippen LogP contribution in [0.25, 0.3) is 11.0 Å². The molecule has 1 aromatic heterocycles. The zero-order valence-corrected chi connectivity index (χ0v) is 11.5. The average molecular weight is 265 g/mol. The van der Waals surface area contributed by atoms with Crippen LogP contribution in [-0.2, 0) is 0 Å². The van der Waals surface area contributed by atoms with E-state index in [4.69, 9.17) is 10.8 Å². The summed E-state index contributed by atoms with van der Waals surface area (Å²) in [7, 11) is 0. The number of aromatic nitrogens is 2. The normalized spacial score (nSPS) is 14.9. The predicted molar refractivity (Wildman–Crippen MR) is 75.8 cm³/mol. The van der Waals surface area contributed by atoms with Crippen molar-refractivity contribution in [2.75, 3.05) is 12.4 Å². The van der Waals surface area contributed by atoms with Crippen LogP contribution in [0, 0.1) is 6.92 Å². The van der Waals surface area contributed by atoms with E-state index in [1.54, 1.807) is 11.8 Å². The van der Waals surface area contributed by atoms with Crippen molar-refractivity contribution in [3.63, 3.8) is 0 Å². The van der Waals surface area contributed by atoms with Crippen LogP contribution in [-0.4, -0.2) is 33.0 Å². The summed E-state index contributed by atoms with van der Waals surface area (Å²) in [4.78, 5) is 7.79. The summed E-state index contributed by atoms with van der Waals surface area (Å²) in [6, 6.07) is 6.17. The Morgan fingerprint density at radius 3 is 3.00 bits per heavy atom. The number of aliphatic hydroxyl groups excluding tert-OH is 1. The van der Waals surface area contributed by atoms with Gasteiger partial charge in [-0.3, -0.25) is 0 Å². The Kier molecular flexibility index (Phi) is 3.94. The minimum absolute atomic E-state index is 0.00683. The summed E-state index contributed by atoms with van der Waals surface area (Å²) in [5.41, 5.74) is 8.65. The molecule has 0 fully saturated rings. The molecule has 1 heterocycles. The van der Waals surface area contributed by atoms with Crippen molar-refractivity contribution in [2.45, 2.75) is 31.0 Å². The maximum absolute atomic E-state index is 9.08. The highest BCUT2D eigenvalue weighted by Crippen LogP contribution is 2.22. The van der Waals surface area contributed by atoms with Gasteiger partial charge in [-0.1, -0.05) is 17.8 Å². The first-order chi connectivity index (χ1) is 8.50. The van der Waals surface area contributed by atoms with E-state index >= 15 is 0 Å². The number of aliphatic hydroxyl groups is 1. The minimum atomic E-state index is -0.504. The maximum atomic E-state index is 9.08. The van der Waals surface area contributed by atoms with Crippen LogP contribution in [0.5, 0.6) is 0 Å².